The minimum absolute atomic E-state index is 0.0734. The Hall–Kier alpha value is -1.88. The zero-order valence-electron chi connectivity index (χ0n) is 17.8. The van der Waals surface area contributed by atoms with E-state index in [0.29, 0.717) is 24.6 Å². The normalized spacial score (nSPS) is 25.6. The van der Waals surface area contributed by atoms with Crippen molar-refractivity contribution in [3.05, 3.63) is 35.4 Å². The largest absolute Gasteiger partial charge is 0.376 e. The van der Waals surface area contributed by atoms with Crippen molar-refractivity contribution in [1.29, 1.82) is 0 Å². The number of benzene rings is 1. The van der Waals surface area contributed by atoms with E-state index in [2.05, 4.69) is 19.2 Å². The van der Waals surface area contributed by atoms with E-state index in [1.54, 1.807) is 0 Å². The number of ether oxygens (including phenoxy) is 1. The van der Waals surface area contributed by atoms with E-state index in [-0.39, 0.29) is 23.8 Å². The summed E-state index contributed by atoms with van der Waals surface area (Å²) in [6.45, 7) is 6.40. The molecule has 1 N–H and O–H groups in total. The average molecular weight is 399 g/mol. The van der Waals surface area contributed by atoms with Gasteiger partial charge in [-0.3, -0.25) is 9.59 Å². The molecule has 3 aliphatic rings. The topological polar surface area (TPSA) is 58.6 Å². The molecule has 1 saturated carbocycles. The molecule has 2 aliphatic heterocycles. The summed E-state index contributed by atoms with van der Waals surface area (Å²) in [7, 11) is 0. The highest BCUT2D eigenvalue weighted by Crippen LogP contribution is 2.50. The maximum atomic E-state index is 13.6. The molecule has 0 aromatic heterocycles. The molecular weight excluding hydrogens is 364 g/mol. The molecule has 5 heteroatoms. The van der Waals surface area contributed by atoms with Crippen molar-refractivity contribution in [3.63, 3.8) is 0 Å². The number of hydrogen-bond donors (Lipinski definition) is 1. The first-order valence-corrected chi connectivity index (χ1v) is 11.3. The molecule has 2 fully saturated rings. The lowest BCUT2D eigenvalue weighted by atomic mass is 9.71. The number of fused-ring (bicyclic) bond motifs is 1. The van der Waals surface area contributed by atoms with Crippen molar-refractivity contribution in [3.8, 4) is 0 Å². The summed E-state index contributed by atoms with van der Waals surface area (Å²) in [5.74, 6) is 0.397. The molecule has 158 valence electrons. The van der Waals surface area contributed by atoms with Gasteiger partial charge in [-0.05, 0) is 49.7 Å². The molecule has 0 bridgehead atoms. The highest BCUT2D eigenvalue weighted by molar-refractivity contribution is 6.02. The van der Waals surface area contributed by atoms with Gasteiger partial charge in [0.25, 0.3) is 5.91 Å². The Bertz CT molecular complexity index is 748. The van der Waals surface area contributed by atoms with Crippen LogP contribution in [0.2, 0.25) is 0 Å². The van der Waals surface area contributed by atoms with Crippen molar-refractivity contribution in [1.82, 2.24) is 10.2 Å². The molecule has 1 saturated heterocycles. The molecule has 1 aromatic rings. The van der Waals surface area contributed by atoms with Gasteiger partial charge in [-0.25, -0.2) is 0 Å². The third kappa shape index (κ3) is 3.81. The van der Waals surface area contributed by atoms with Crippen LogP contribution in [0.4, 0.5) is 0 Å². The quantitative estimate of drug-likeness (QED) is 0.791. The van der Waals surface area contributed by atoms with Gasteiger partial charge in [-0.15, -0.1) is 0 Å². The van der Waals surface area contributed by atoms with E-state index in [9.17, 15) is 9.59 Å². The Morgan fingerprint density at radius 3 is 2.69 bits per heavy atom. The fourth-order valence-electron chi connectivity index (χ4n) is 5.51. The Balaban J connectivity index is 1.70. The van der Waals surface area contributed by atoms with Crippen molar-refractivity contribution >= 4 is 11.8 Å². The van der Waals surface area contributed by atoms with Crippen LogP contribution < -0.4 is 5.32 Å². The Morgan fingerprint density at radius 2 is 2.00 bits per heavy atom. The minimum atomic E-state index is -0.417. The van der Waals surface area contributed by atoms with Crippen LogP contribution in [0, 0.1) is 5.92 Å². The molecule has 29 heavy (non-hydrogen) atoms. The zero-order chi connectivity index (χ0) is 20.4. The predicted molar refractivity (Wildman–Crippen MR) is 113 cm³/mol. The molecular formula is C24H34N2O3. The van der Waals surface area contributed by atoms with E-state index in [0.717, 1.165) is 57.1 Å². The highest BCUT2D eigenvalue weighted by Gasteiger charge is 2.55. The first-order chi connectivity index (χ1) is 14.0. The smallest absolute Gasteiger partial charge is 0.254 e. The van der Waals surface area contributed by atoms with Crippen molar-refractivity contribution in [2.45, 2.75) is 76.4 Å². The van der Waals surface area contributed by atoms with E-state index >= 15 is 0 Å². The third-order valence-electron chi connectivity index (χ3n) is 6.98. The summed E-state index contributed by atoms with van der Waals surface area (Å²) in [5.41, 5.74) is 1.18. The first kappa shape index (κ1) is 20.4. The number of nitrogens with one attached hydrogen (secondary N) is 1. The summed E-state index contributed by atoms with van der Waals surface area (Å²) >= 11 is 0. The molecule has 4 rings (SSSR count). The number of carbonyl (C=O) groups is 2. The summed E-state index contributed by atoms with van der Waals surface area (Å²) in [5, 5.41) is 3.20. The van der Waals surface area contributed by atoms with Crippen LogP contribution in [0.25, 0.3) is 0 Å². The van der Waals surface area contributed by atoms with Crippen molar-refractivity contribution in [2.75, 3.05) is 19.7 Å². The molecule has 2 atom stereocenters. The molecule has 0 unspecified atom stereocenters. The number of carbonyl (C=O) groups excluding carboxylic acids is 2. The summed E-state index contributed by atoms with van der Waals surface area (Å²) in [6.07, 6.45) is 7.00. The Kier molecular flexibility index (Phi) is 5.95. The van der Waals surface area contributed by atoms with Gasteiger partial charge in [0.1, 0.15) is 0 Å². The number of rotatable bonds is 6. The van der Waals surface area contributed by atoms with Crippen LogP contribution in [0.1, 0.15) is 80.6 Å². The summed E-state index contributed by atoms with van der Waals surface area (Å²) in [4.78, 5) is 29.1. The molecule has 5 nitrogen and oxygen atoms in total. The van der Waals surface area contributed by atoms with Crippen LogP contribution in [0.5, 0.6) is 0 Å². The van der Waals surface area contributed by atoms with Crippen molar-refractivity contribution in [2.24, 2.45) is 5.92 Å². The molecule has 1 aliphatic carbocycles. The predicted octanol–water partition coefficient (Wildman–Crippen LogP) is 3.88. The molecule has 1 spiro atoms. The fourth-order valence-corrected chi connectivity index (χ4v) is 5.51. The van der Waals surface area contributed by atoms with E-state index in [1.807, 2.05) is 29.2 Å². The van der Waals surface area contributed by atoms with Gasteiger partial charge in [-0.1, -0.05) is 44.9 Å². The van der Waals surface area contributed by atoms with Crippen LogP contribution in [-0.2, 0) is 9.53 Å². The fraction of sp³-hybridized carbons (Fsp3) is 0.667. The monoisotopic (exact) mass is 398 g/mol. The maximum Gasteiger partial charge on any atom is 0.254 e. The lowest BCUT2D eigenvalue weighted by Crippen LogP contribution is -2.62. The van der Waals surface area contributed by atoms with E-state index in [4.69, 9.17) is 4.74 Å². The maximum absolute atomic E-state index is 13.6. The first-order valence-electron chi connectivity index (χ1n) is 11.3. The number of amides is 2. The van der Waals surface area contributed by atoms with Gasteiger partial charge in [0.15, 0.2) is 0 Å². The number of hydrogen-bond acceptors (Lipinski definition) is 3. The summed E-state index contributed by atoms with van der Waals surface area (Å²) < 4.78 is 5.89. The van der Waals surface area contributed by atoms with Gasteiger partial charge >= 0.3 is 0 Å². The summed E-state index contributed by atoms with van der Waals surface area (Å²) in [6, 6.07) is 7.74. The van der Waals surface area contributed by atoms with E-state index in [1.165, 1.54) is 0 Å². The minimum Gasteiger partial charge on any atom is -0.376 e. The molecule has 1 aromatic carbocycles. The molecule has 2 amide bonds. The third-order valence-corrected chi connectivity index (χ3v) is 6.98. The molecule has 0 radical (unpaired) electrons. The zero-order valence-corrected chi connectivity index (χ0v) is 17.8. The standard InChI is InChI=1S/C24H34N2O3/c1-17(2)11-14-25-22(27)21-19-9-3-4-10-20(19)23(28)26(16-18-8-7-15-29-18)24(21)12-5-6-13-24/h3-4,9-10,17-18,21H,5-8,11-16H2,1-2H3,(H,25,27)/t18-,21-/m1/s1. The highest BCUT2D eigenvalue weighted by atomic mass is 16.5. The lowest BCUT2D eigenvalue weighted by Gasteiger charge is -2.50. The Morgan fingerprint density at radius 1 is 1.24 bits per heavy atom. The van der Waals surface area contributed by atoms with Crippen molar-refractivity contribution < 1.29 is 14.3 Å². The van der Waals surface area contributed by atoms with Gasteiger partial charge in [0.05, 0.1) is 17.6 Å². The van der Waals surface area contributed by atoms with Crippen LogP contribution in [0.3, 0.4) is 0 Å². The van der Waals surface area contributed by atoms with E-state index < -0.39 is 5.54 Å². The van der Waals surface area contributed by atoms with Gasteiger partial charge < -0.3 is 15.0 Å². The second kappa shape index (κ2) is 8.47. The van der Waals surface area contributed by atoms with Gasteiger partial charge in [0.2, 0.25) is 5.91 Å². The number of nitrogens with zero attached hydrogens (tertiary/aromatic N) is 1. The van der Waals surface area contributed by atoms with Crippen LogP contribution in [-0.4, -0.2) is 48.1 Å². The van der Waals surface area contributed by atoms with Crippen LogP contribution in [0.15, 0.2) is 24.3 Å². The second-order valence-corrected chi connectivity index (χ2v) is 9.36. The Labute approximate surface area is 174 Å². The lowest BCUT2D eigenvalue weighted by molar-refractivity contribution is -0.126. The van der Waals surface area contributed by atoms with Crippen LogP contribution >= 0.6 is 0 Å². The SMILES string of the molecule is CC(C)CCNC(=O)[C@H]1c2ccccc2C(=O)N(C[C@H]2CCCO2)C12CCCC2. The molecule has 2 heterocycles. The van der Waals surface area contributed by atoms with Gasteiger partial charge in [0, 0.05) is 25.3 Å². The second-order valence-electron chi connectivity index (χ2n) is 9.36. The van der Waals surface area contributed by atoms with Gasteiger partial charge in [-0.2, -0.15) is 0 Å². The average Bonchev–Trinajstić information content (AvgIpc) is 3.38.